The molecule has 0 bridgehead atoms. The number of hydrogen-bond donors (Lipinski definition) is 2. The second kappa shape index (κ2) is 11.4. The van der Waals surface area contributed by atoms with Crippen LogP contribution in [0.3, 0.4) is 0 Å². The number of nitrogens with one attached hydrogen (secondary N) is 1. The van der Waals surface area contributed by atoms with Gasteiger partial charge in [0, 0.05) is 36.9 Å². The summed E-state index contributed by atoms with van der Waals surface area (Å²) < 4.78 is 3.27. The Morgan fingerprint density at radius 3 is 2.68 bits per heavy atom. The molecule has 0 radical (unpaired) electrons. The van der Waals surface area contributed by atoms with Crippen molar-refractivity contribution in [3.63, 3.8) is 0 Å². The summed E-state index contributed by atoms with van der Waals surface area (Å²) in [5, 5.41) is 14.9. The Balaban J connectivity index is 1.17. The van der Waals surface area contributed by atoms with Gasteiger partial charge in [0.2, 0.25) is 5.95 Å². The van der Waals surface area contributed by atoms with Gasteiger partial charge < -0.3 is 15.2 Å². The van der Waals surface area contributed by atoms with Crippen LogP contribution < -0.4 is 10.9 Å². The maximum atomic E-state index is 13.4. The number of aryl methyl sites for hydroxylation is 1. The predicted octanol–water partition coefficient (Wildman–Crippen LogP) is 4.57. The fourth-order valence-electron chi connectivity index (χ4n) is 7.31. The van der Waals surface area contributed by atoms with Crippen LogP contribution in [0.5, 0.6) is 0 Å². The number of nitrogens with zero attached hydrogens (tertiary/aromatic N) is 6. The summed E-state index contributed by atoms with van der Waals surface area (Å²) in [5.74, 6) is 1.14. The van der Waals surface area contributed by atoms with Crippen molar-refractivity contribution in [3.8, 4) is 5.82 Å². The van der Waals surface area contributed by atoms with Crippen LogP contribution in [0, 0.1) is 5.92 Å². The standard InChI is InChI=1S/C34H39N7O3/c1-3-16-40-32(43)28-19-35-33(38-31(28)41(40)29-12-8-23-13-15-34(44,4-2)30(23)37-29)36-26-9-7-25-20-39(17-14-24(25)18-26)27-10-5-22(21-42)6-11-27/h3,7-9,12,18-19,21-22,27,44H,1,4-6,10-11,13-17,20H2,2H3,(H,35,36,38)/t22-,27+,34-/m1/s1. The van der Waals surface area contributed by atoms with Gasteiger partial charge in [-0.25, -0.2) is 19.3 Å². The highest BCUT2D eigenvalue weighted by atomic mass is 16.3. The Morgan fingerprint density at radius 2 is 1.91 bits per heavy atom. The van der Waals surface area contributed by atoms with Gasteiger partial charge in [0.25, 0.3) is 5.56 Å². The van der Waals surface area contributed by atoms with Crippen LogP contribution in [0.4, 0.5) is 11.6 Å². The van der Waals surface area contributed by atoms with Gasteiger partial charge in [-0.2, -0.15) is 4.98 Å². The minimum atomic E-state index is -0.973. The molecule has 1 saturated carbocycles. The summed E-state index contributed by atoms with van der Waals surface area (Å²) >= 11 is 0. The van der Waals surface area contributed by atoms with Crippen LogP contribution in [0.1, 0.15) is 67.8 Å². The molecule has 0 amide bonds. The quantitative estimate of drug-likeness (QED) is 0.225. The van der Waals surface area contributed by atoms with Crippen LogP contribution in [0.25, 0.3) is 16.9 Å². The van der Waals surface area contributed by atoms with E-state index in [0.29, 0.717) is 47.4 Å². The highest BCUT2D eigenvalue weighted by Gasteiger charge is 2.37. The SMILES string of the molecule is C=CCn1c(=O)c2cnc(Nc3ccc4c(c3)CCN([C@H]3CC[C@@H](C=O)CC3)C4)nc2n1-c1ccc2c(n1)[C@@](O)(CC)CC2. The zero-order valence-corrected chi connectivity index (χ0v) is 25.2. The van der Waals surface area contributed by atoms with E-state index in [-0.39, 0.29) is 18.0 Å². The van der Waals surface area contributed by atoms with Gasteiger partial charge >= 0.3 is 0 Å². The highest BCUT2D eigenvalue weighted by molar-refractivity contribution is 5.77. The molecule has 4 aromatic rings. The number of fused-ring (bicyclic) bond motifs is 3. The summed E-state index contributed by atoms with van der Waals surface area (Å²) in [6.45, 7) is 8.02. The molecule has 0 unspecified atom stereocenters. The lowest BCUT2D eigenvalue weighted by atomic mass is 9.85. The van der Waals surface area contributed by atoms with Gasteiger partial charge in [-0.05, 0) is 86.3 Å². The number of aliphatic hydroxyl groups is 1. The van der Waals surface area contributed by atoms with Crippen LogP contribution in [0.15, 0.2) is 54.0 Å². The molecule has 1 aromatic carbocycles. The van der Waals surface area contributed by atoms with E-state index < -0.39 is 5.60 Å². The van der Waals surface area contributed by atoms with Gasteiger partial charge in [-0.15, -0.1) is 6.58 Å². The molecule has 10 nitrogen and oxygen atoms in total. The maximum absolute atomic E-state index is 13.4. The molecular formula is C34H39N7O3. The summed E-state index contributed by atoms with van der Waals surface area (Å²) in [5.41, 5.74) is 4.49. The number of aromatic nitrogens is 5. The van der Waals surface area contributed by atoms with Crippen molar-refractivity contribution in [2.75, 3.05) is 11.9 Å². The lowest BCUT2D eigenvalue weighted by molar-refractivity contribution is -0.112. The van der Waals surface area contributed by atoms with Gasteiger partial charge in [-0.3, -0.25) is 9.69 Å². The zero-order chi connectivity index (χ0) is 30.4. The molecule has 1 fully saturated rings. The van der Waals surface area contributed by atoms with Gasteiger partial charge in [-0.1, -0.05) is 25.1 Å². The van der Waals surface area contributed by atoms with Crippen molar-refractivity contribution < 1.29 is 9.90 Å². The third kappa shape index (κ3) is 4.95. The summed E-state index contributed by atoms with van der Waals surface area (Å²) in [4.78, 5) is 41.4. The van der Waals surface area contributed by atoms with E-state index in [1.807, 2.05) is 19.1 Å². The Labute approximate surface area is 256 Å². The molecule has 7 rings (SSSR count). The lowest BCUT2D eigenvalue weighted by Gasteiger charge is -2.38. The highest BCUT2D eigenvalue weighted by Crippen LogP contribution is 2.38. The van der Waals surface area contributed by atoms with Crippen molar-refractivity contribution in [1.29, 1.82) is 0 Å². The molecule has 4 heterocycles. The molecule has 3 aliphatic rings. The van der Waals surface area contributed by atoms with Gasteiger partial charge in [0.05, 0.1) is 12.2 Å². The molecule has 44 heavy (non-hydrogen) atoms. The Bertz CT molecular complexity index is 1800. The lowest BCUT2D eigenvalue weighted by Crippen LogP contribution is -2.41. The van der Waals surface area contributed by atoms with Crippen molar-refractivity contribution in [3.05, 3.63) is 81.9 Å². The number of carbonyl (C=O) groups is 1. The molecule has 1 atom stereocenters. The number of anilines is 2. The second-order valence-corrected chi connectivity index (χ2v) is 12.5. The minimum Gasteiger partial charge on any atom is -0.384 e. The first-order chi connectivity index (χ1) is 21.4. The van der Waals surface area contributed by atoms with Crippen LogP contribution in [-0.2, 0) is 36.3 Å². The summed E-state index contributed by atoms with van der Waals surface area (Å²) in [6.07, 6.45) is 11.5. The second-order valence-electron chi connectivity index (χ2n) is 12.5. The number of hydrogen-bond acceptors (Lipinski definition) is 8. The first kappa shape index (κ1) is 28.6. The first-order valence-corrected chi connectivity index (χ1v) is 15.8. The minimum absolute atomic E-state index is 0.225. The van der Waals surface area contributed by atoms with Crippen molar-refractivity contribution in [2.24, 2.45) is 5.92 Å². The van der Waals surface area contributed by atoms with E-state index in [0.717, 1.165) is 69.2 Å². The van der Waals surface area contributed by atoms with Gasteiger partial charge in [0.1, 0.15) is 17.3 Å². The number of allylic oxidation sites excluding steroid dienone is 1. The van der Waals surface area contributed by atoms with Crippen molar-refractivity contribution in [1.82, 2.24) is 29.2 Å². The largest absolute Gasteiger partial charge is 0.384 e. The normalized spacial score (nSPS) is 23.3. The van der Waals surface area contributed by atoms with Gasteiger partial charge in [0.15, 0.2) is 11.5 Å². The fourth-order valence-corrected chi connectivity index (χ4v) is 7.31. The average Bonchev–Trinajstić information content (AvgIpc) is 3.54. The van der Waals surface area contributed by atoms with E-state index >= 15 is 0 Å². The Kier molecular flexibility index (Phi) is 7.42. The monoisotopic (exact) mass is 593 g/mol. The Morgan fingerprint density at radius 1 is 1.09 bits per heavy atom. The molecule has 2 aliphatic carbocycles. The van der Waals surface area contributed by atoms with Crippen molar-refractivity contribution in [2.45, 2.75) is 83.0 Å². The maximum Gasteiger partial charge on any atom is 0.278 e. The first-order valence-electron chi connectivity index (χ1n) is 15.8. The van der Waals surface area contributed by atoms with Crippen LogP contribution in [-0.4, -0.2) is 53.2 Å². The number of rotatable bonds is 8. The molecule has 2 N–H and O–H groups in total. The molecule has 10 heteroatoms. The predicted molar refractivity (Wildman–Crippen MR) is 169 cm³/mol. The number of benzene rings is 1. The van der Waals surface area contributed by atoms with E-state index in [4.69, 9.17) is 9.97 Å². The molecular weight excluding hydrogens is 554 g/mol. The van der Waals surface area contributed by atoms with E-state index in [1.54, 1.807) is 21.6 Å². The fraction of sp³-hybridized carbons (Fsp3) is 0.441. The summed E-state index contributed by atoms with van der Waals surface area (Å²) in [6, 6.07) is 10.8. The third-order valence-electron chi connectivity index (χ3n) is 9.95. The Hall–Kier alpha value is -4.15. The van der Waals surface area contributed by atoms with E-state index in [2.05, 4.69) is 40.0 Å². The smallest absolute Gasteiger partial charge is 0.278 e. The number of aldehydes is 1. The number of pyridine rings is 1. The number of carbonyl (C=O) groups excluding carboxylic acids is 1. The molecule has 0 saturated heterocycles. The molecule has 1 aliphatic heterocycles. The molecule has 0 spiro atoms. The molecule has 3 aromatic heterocycles. The van der Waals surface area contributed by atoms with Crippen LogP contribution >= 0.6 is 0 Å². The van der Waals surface area contributed by atoms with Crippen LogP contribution in [0.2, 0.25) is 0 Å². The topological polar surface area (TPSA) is 118 Å². The third-order valence-corrected chi connectivity index (χ3v) is 9.95. The summed E-state index contributed by atoms with van der Waals surface area (Å²) in [7, 11) is 0. The zero-order valence-electron chi connectivity index (χ0n) is 25.2. The molecule has 228 valence electrons. The van der Waals surface area contributed by atoms with E-state index in [9.17, 15) is 14.7 Å². The van der Waals surface area contributed by atoms with E-state index in [1.165, 1.54) is 11.1 Å². The average molecular weight is 594 g/mol. The van der Waals surface area contributed by atoms with Crippen molar-refractivity contribution >= 4 is 29.0 Å².